The van der Waals surface area contributed by atoms with Gasteiger partial charge in [-0.25, -0.2) is 0 Å². The molecule has 1 aromatic rings. The smallest absolute Gasteiger partial charge is 0.220 e. The highest BCUT2D eigenvalue weighted by atomic mass is 79.9. The van der Waals surface area contributed by atoms with Crippen LogP contribution < -0.4 is 5.32 Å². The Morgan fingerprint density at radius 3 is 3.05 bits per heavy atom. The Balaban J connectivity index is 1.71. The molecule has 1 aliphatic heterocycles. The van der Waals surface area contributed by atoms with Crippen molar-refractivity contribution in [3.05, 3.63) is 33.8 Å². The predicted octanol–water partition coefficient (Wildman–Crippen LogP) is 3.56. The molecule has 1 aromatic carbocycles. The van der Waals surface area contributed by atoms with Gasteiger partial charge in [-0.2, -0.15) is 11.8 Å². The lowest BCUT2D eigenvalue weighted by atomic mass is 10.1. The zero-order valence-corrected chi connectivity index (χ0v) is 13.6. The number of hydrogen-bond acceptors (Lipinski definition) is 2. The van der Waals surface area contributed by atoms with Gasteiger partial charge in [0, 0.05) is 17.4 Å². The van der Waals surface area contributed by atoms with Crippen LogP contribution in [0.25, 0.3) is 0 Å². The lowest BCUT2D eigenvalue weighted by Gasteiger charge is -2.10. The van der Waals surface area contributed by atoms with E-state index in [0.29, 0.717) is 12.3 Å². The summed E-state index contributed by atoms with van der Waals surface area (Å²) in [6.45, 7) is 2.93. The molecule has 0 aromatic heterocycles. The van der Waals surface area contributed by atoms with Crippen LogP contribution in [-0.4, -0.2) is 24.0 Å². The van der Waals surface area contributed by atoms with Crippen LogP contribution in [0.3, 0.4) is 0 Å². The van der Waals surface area contributed by atoms with Gasteiger partial charge in [-0.1, -0.05) is 28.1 Å². The van der Waals surface area contributed by atoms with E-state index >= 15 is 0 Å². The lowest BCUT2D eigenvalue weighted by Crippen LogP contribution is -2.29. The first kappa shape index (κ1) is 14.9. The van der Waals surface area contributed by atoms with E-state index in [9.17, 15) is 4.79 Å². The third-order valence-electron chi connectivity index (χ3n) is 3.47. The lowest BCUT2D eigenvalue weighted by molar-refractivity contribution is -0.121. The van der Waals surface area contributed by atoms with E-state index in [1.54, 1.807) is 0 Å². The van der Waals surface area contributed by atoms with Crippen molar-refractivity contribution in [2.24, 2.45) is 5.92 Å². The summed E-state index contributed by atoms with van der Waals surface area (Å²) in [5.74, 6) is 3.31. The van der Waals surface area contributed by atoms with Crippen molar-refractivity contribution < 1.29 is 4.79 Å². The largest absolute Gasteiger partial charge is 0.356 e. The first-order valence-corrected chi connectivity index (χ1v) is 8.69. The van der Waals surface area contributed by atoms with Gasteiger partial charge in [-0.15, -0.1) is 0 Å². The highest BCUT2D eigenvalue weighted by Gasteiger charge is 2.15. The normalized spacial score (nSPS) is 18.5. The van der Waals surface area contributed by atoms with Crippen LogP contribution >= 0.6 is 27.7 Å². The van der Waals surface area contributed by atoms with E-state index in [-0.39, 0.29) is 5.91 Å². The van der Waals surface area contributed by atoms with Gasteiger partial charge in [-0.3, -0.25) is 4.79 Å². The van der Waals surface area contributed by atoms with Gasteiger partial charge in [0.1, 0.15) is 0 Å². The Kier molecular flexibility index (Phi) is 5.76. The molecule has 1 unspecified atom stereocenters. The van der Waals surface area contributed by atoms with Crippen molar-refractivity contribution in [3.8, 4) is 0 Å². The maximum absolute atomic E-state index is 11.8. The van der Waals surface area contributed by atoms with E-state index < -0.39 is 0 Å². The maximum Gasteiger partial charge on any atom is 0.220 e. The number of amides is 1. The number of hydrogen-bond donors (Lipinski definition) is 1. The summed E-state index contributed by atoms with van der Waals surface area (Å²) in [5.41, 5.74) is 2.45. The minimum Gasteiger partial charge on any atom is -0.356 e. The third-order valence-corrected chi connectivity index (χ3v) is 5.60. The summed E-state index contributed by atoms with van der Waals surface area (Å²) in [5, 5.41) is 3.06. The van der Waals surface area contributed by atoms with Crippen LogP contribution in [0.2, 0.25) is 0 Å². The second-order valence-corrected chi connectivity index (χ2v) is 7.12. The van der Waals surface area contributed by atoms with E-state index in [1.807, 2.05) is 11.8 Å². The fraction of sp³-hybridized carbons (Fsp3) is 0.533. The van der Waals surface area contributed by atoms with E-state index in [4.69, 9.17) is 0 Å². The molecule has 2 rings (SSSR count). The standard InChI is InChI=1S/C15H20BrNOS/c1-11-8-12(2-4-14(11)16)3-5-15(18)17-9-13-6-7-19-10-13/h2,4,8,13H,3,5-7,9-10H2,1H3,(H,17,18). The highest BCUT2D eigenvalue weighted by molar-refractivity contribution is 9.10. The van der Waals surface area contributed by atoms with E-state index in [1.165, 1.54) is 29.1 Å². The fourth-order valence-corrected chi connectivity index (χ4v) is 3.74. The van der Waals surface area contributed by atoms with Gasteiger partial charge in [0.2, 0.25) is 5.91 Å². The molecule has 0 bridgehead atoms. The Hall–Kier alpha value is -0.480. The molecule has 1 saturated heterocycles. The van der Waals surface area contributed by atoms with Crippen molar-refractivity contribution in [1.29, 1.82) is 0 Å². The quantitative estimate of drug-likeness (QED) is 0.887. The SMILES string of the molecule is Cc1cc(CCC(=O)NCC2CCSC2)ccc1Br. The van der Waals surface area contributed by atoms with Crippen LogP contribution in [0.1, 0.15) is 24.0 Å². The van der Waals surface area contributed by atoms with Gasteiger partial charge in [-0.05, 0) is 54.4 Å². The molecule has 19 heavy (non-hydrogen) atoms. The summed E-state index contributed by atoms with van der Waals surface area (Å²) in [4.78, 5) is 11.8. The van der Waals surface area contributed by atoms with Crippen LogP contribution in [0.15, 0.2) is 22.7 Å². The molecule has 0 saturated carbocycles. The van der Waals surface area contributed by atoms with Gasteiger partial charge < -0.3 is 5.32 Å². The Morgan fingerprint density at radius 2 is 2.37 bits per heavy atom. The molecule has 1 atom stereocenters. The average Bonchev–Trinajstić information content (AvgIpc) is 2.91. The monoisotopic (exact) mass is 341 g/mol. The van der Waals surface area contributed by atoms with Crippen molar-refractivity contribution in [1.82, 2.24) is 5.32 Å². The topological polar surface area (TPSA) is 29.1 Å². The molecule has 0 radical (unpaired) electrons. The Bertz CT molecular complexity index is 444. The number of benzene rings is 1. The van der Waals surface area contributed by atoms with Gasteiger partial charge >= 0.3 is 0 Å². The molecule has 1 heterocycles. The average molecular weight is 342 g/mol. The second-order valence-electron chi connectivity index (χ2n) is 5.12. The van der Waals surface area contributed by atoms with E-state index in [2.05, 4.69) is 46.4 Å². The zero-order chi connectivity index (χ0) is 13.7. The minimum absolute atomic E-state index is 0.178. The first-order chi connectivity index (χ1) is 9.15. The maximum atomic E-state index is 11.8. The predicted molar refractivity (Wildman–Crippen MR) is 85.6 cm³/mol. The molecule has 2 nitrogen and oxygen atoms in total. The van der Waals surface area contributed by atoms with Crippen LogP contribution in [-0.2, 0) is 11.2 Å². The highest BCUT2D eigenvalue weighted by Crippen LogP contribution is 2.22. The molecule has 1 fully saturated rings. The molecular formula is C15H20BrNOS. The zero-order valence-electron chi connectivity index (χ0n) is 11.2. The Labute approximate surface area is 127 Å². The number of aryl methyl sites for hydroxylation is 2. The Morgan fingerprint density at radius 1 is 1.53 bits per heavy atom. The van der Waals surface area contributed by atoms with Gasteiger partial charge in [0.25, 0.3) is 0 Å². The van der Waals surface area contributed by atoms with Gasteiger partial charge in [0.15, 0.2) is 0 Å². The molecule has 4 heteroatoms. The minimum atomic E-state index is 0.178. The summed E-state index contributed by atoms with van der Waals surface area (Å²) >= 11 is 5.48. The number of nitrogens with one attached hydrogen (secondary N) is 1. The third kappa shape index (κ3) is 4.84. The van der Waals surface area contributed by atoms with Crippen molar-refractivity contribution in [3.63, 3.8) is 0 Å². The number of carbonyl (C=O) groups is 1. The fourth-order valence-electron chi connectivity index (χ4n) is 2.21. The number of rotatable bonds is 5. The summed E-state index contributed by atoms with van der Waals surface area (Å²) < 4.78 is 1.12. The molecule has 1 amide bonds. The number of halogens is 1. The number of carbonyl (C=O) groups excluding carboxylic acids is 1. The molecule has 0 aliphatic carbocycles. The van der Waals surface area contributed by atoms with Crippen LogP contribution in [0.5, 0.6) is 0 Å². The molecule has 104 valence electrons. The molecular weight excluding hydrogens is 322 g/mol. The van der Waals surface area contributed by atoms with Crippen molar-refractivity contribution in [2.75, 3.05) is 18.1 Å². The molecule has 1 N–H and O–H groups in total. The van der Waals surface area contributed by atoms with Crippen LogP contribution in [0, 0.1) is 12.8 Å². The molecule has 0 spiro atoms. The van der Waals surface area contributed by atoms with Crippen molar-refractivity contribution >= 4 is 33.6 Å². The van der Waals surface area contributed by atoms with Crippen LogP contribution in [0.4, 0.5) is 0 Å². The molecule has 1 aliphatic rings. The summed E-state index contributed by atoms with van der Waals surface area (Å²) in [7, 11) is 0. The van der Waals surface area contributed by atoms with E-state index in [0.717, 1.165) is 17.4 Å². The first-order valence-electron chi connectivity index (χ1n) is 6.74. The van der Waals surface area contributed by atoms with Crippen molar-refractivity contribution in [2.45, 2.75) is 26.2 Å². The van der Waals surface area contributed by atoms with Gasteiger partial charge in [0.05, 0.1) is 0 Å². The second kappa shape index (κ2) is 7.34. The summed E-state index contributed by atoms with van der Waals surface area (Å²) in [6, 6.07) is 6.28. The number of thioether (sulfide) groups is 1. The summed E-state index contributed by atoms with van der Waals surface area (Å²) in [6.07, 6.45) is 2.65.